The van der Waals surface area contributed by atoms with Crippen LogP contribution in [-0.4, -0.2) is 67.4 Å². The summed E-state index contributed by atoms with van der Waals surface area (Å²) in [5, 5.41) is 24.6. The van der Waals surface area contributed by atoms with Gasteiger partial charge in [0.2, 0.25) is 5.91 Å². The molecule has 1 aromatic carbocycles. The van der Waals surface area contributed by atoms with Crippen molar-refractivity contribution in [1.29, 1.82) is 0 Å². The zero-order valence-electron chi connectivity index (χ0n) is 21.7. The second-order valence-electron chi connectivity index (χ2n) is 11.3. The normalized spacial score (nSPS) is 32.4. The smallest absolute Gasteiger partial charge is 0.279 e. The molecule has 5 heterocycles. The van der Waals surface area contributed by atoms with Gasteiger partial charge in [-0.05, 0) is 58.7 Å². The molecule has 2 amide bonds. The second kappa shape index (κ2) is 8.04. The first-order chi connectivity index (χ1) is 17.5. The average molecular weight is 512 g/mol. The largest absolute Gasteiger partial charge is 0.497 e. The Morgan fingerprint density at radius 3 is 2.68 bits per heavy atom. The van der Waals surface area contributed by atoms with Crippen molar-refractivity contribution in [2.75, 3.05) is 13.7 Å². The summed E-state index contributed by atoms with van der Waals surface area (Å²) in [5.41, 5.74) is -0.644. The van der Waals surface area contributed by atoms with Crippen molar-refractivity contribution in [2.45, 2.75) is 82.7 Å². The maximum absolute atomic E-state index is 14.0. The van der Waals surface area contributed by atoms with Crippen LogP contribution < -0.4 is 4.74 Å². The topological polar surface area (TPSA) is 114 Å². The molecule has 4 aliphatic heterocycles. The number of benzene rings is 1. The van der Waals surface area contributed by atoms with Crippen molar-refractivity contribution in [1.82, 2.24) is 14.4 Å². The number of hydrogen-bond donors (Lipinski definition) is 2. The highest BCUT2D eigenvalue weighted by Gasteiger charge is 2.66. The van der Waals surface area contributed by atoms with E-state index in [1.165, 1.54) is 9.80 Å². The number of aliphatic hydroxyl groups is 2. The van der Waals surface area contributed by atoms with E-state index in [-0.39, 0.29) is 12.3 Å². The molecule has 0 spiro atoms. The Hall–Kier alpha value is -2.92. The number of aliphatic hydroxyl groups excluding tert-OH is 1. The van der Waals surface area contributed by atoms with Crippen molar-refractivity contribution in [2.24, 2.45) is 0 Å². The van der Waals surface area contributed by atoms with E-state index in [2.05, 4.69) is 0 Å². The van der Waals surface area contributed by atoms with Crippen LogP contribution in [0.3, 0.4) is 0 Å². The quantitative estimate of drug-likeness (QED) is 0.471. The van der Waals surface area contributed by atoms with E-state index in [1.54, 1.807) is 19.2 Å². The maximum Gasteiger partial charge on any atom is 0.279 e. The summed E-state index contributed by atoms with van der Waals surface area (Å²) >= 11 is 0. The van der Waals surface area contributed by atoms with E-state index in [0.717, 1.165) is 5.57 Å². The predicted molar refractivity (Wildman–Crippen MR) is 132 cm³/mol. The zero-order valence-corrected chi connectivity index (χ0v) is 21.7. The minimum absolute atomic E-state index is 0.232. The monoisotopic (exact) mass is 511 g/mol. The number of allylic oxidation sites excluding steroid dienone is 1. The Labute approximate surface area is 214 Å². The lowest BCUT2D eigenvalue weighted by Gasteiger charge is -2.56. The number of hydrogen-bond acceptors (Lipinski definition) is 7. The van der Waals surface area contributed by atoms with Crippen molar-refractivity contribution in [3.05, 3.63) is 41.1 Å². The number of carbonyl (C=O) groups excluding carboxylic acids is 2. The number of amides is 2. The fraction of sp³-hybridized carbons (Fsp3) is 0.556. The van der Waals surface area contributed by atoms with Gasteiger partial charge in [0.05, 0.1) is 24.4 Å². The van der Waals surface area contributed by atoms with E-state index in [1.807, 2.05) is 44.4 Å². The number of methoxy groups -OCH3 is 1. The molecule has 10 heteroatoms. The summed E-state index contributed by atoms with van der Waals surface area (Å²) in [6.07, 6.45) is 0.922. The lowest BCUT2D eigenvalue weighted by atomic mass is 9.79. The summed E-state index contributed by atoms with van der Waals surface area (Å²) in [7, 11) is 1.57. The van der Waals surface area contributed by atoms with Crippen LogP contribution in [0.4, 0.5) is 0 Å². The summed E-state index contributed by atoms with van der Waals surface area (Å²) < 4.78 is 7.38. The lowest BCUT2D eigenvalue weighted by Crippen LogP contribution is -2.74. The molecule has 0 aliphatic carbocycles. The fourth-order valence-corrected chi connectivity index (χ4v) is 6.54. The van der Waals surface area contributed by atoms with E-state index >= 15 is 0 Å². The number of nitrogens with zero attached hydrogens (tertiary/aromatic N) is 3. The van der Waals surface area contributed by atoms with Gasteiger partial charge >= 0.3 is 0 Å². The van der Waals surface area contributed by atoms with E-state index in [0.29, 0.717) is 47.3 Å². The molecule has 0 saturated carbocycles. The van der Waals surface area contributed by atoms with E-state index in [4.69, 9.17) is 14.5 Å². The summed E-state index contributed by atoms with van der Waals surface area (Å²) in [4.78, 5) is 42.4. The molecular formula is C27H33N3O7. The van der Waals surface area contributed by atoms with Gasteiger partial charge in [0.15, 0.2) is 6.23 Å². The number of rotatable bonds is 2. The van der Waals surface area contributed by atoms with Crippen LogP contribution in [0, 0.1) is 0 Å². The fourth-order valence-electron chi connectivity index (χ4n) is 6.54. The molecule has 2 aromatic rings. The van der Waals surface area contributed by atoms with Crippen LogP contribution in [0.15, 0.2) is 29.8 Å². The standard InChI is InChI=1S/C27H33N3O7/c1-14(2)11-20-29-18-12-15(35-5)8-9-16(18)21-22(29)19(13-26(3,4)37-36-20)30-24(32)17-7-6-10-28(17)25(33)27(30,34)23(21)31/h8-9,11-12,17,19-20,23,31,34H,6-7,10,13H2,1-5H3. The maximum atomic E-state index is 14.0. The van der Waals surface area contributed by atoms with Gasteiger partial charge < -0.3 is 24.4 Å². The van der Waals surface area contributed by atoms with Crippen LogP contribution >= 0.6 is 0 Å². The van der Waals surface area contributed by atoms with Crippen molar-refractivity contribution < 1.29 is 34.3 Å². The Balaban J connectivity index is 1.71. The first-order valence-electron chi connectivity index (χ1n) is 12.8. The van der Waals surface area contributed by atoms with Crippen LogP contribution in [-0.2, 0) is 19.4 Å². The Kier molecular flexibility index (Phi) is 5.30. The van der Waals surface area contributed by atoms with Gasteiger partial charge in [-0.2, -0.15) is 0 Å². The molecule has 6 rings (SSSR count). The highest BCUT2D eigenvalue weighted by atomic mass is 17.2. The molecule has 37 heavy (non-hydrogen) atoms. The van der Waals surface area contributed by atoms with Crippen LogP contribution in [0.5, 0.6) is 5.75 Å². The first-order valence-corrected chi connectivity index (χ1v) is 12.8. The van der Waals surface area contributed by atoms with Crippen molar-refractivity contribution in [3.63, 3.8) is 0 Å². The molecule has 2 fully saturated rings. The Morgan fingerprint density at radius 1 is 1.22 bits per heavy atom. The number of piperazine rings is 1. The van der Waals surface area contributed by atoms with Gasteiger partial charge in [-0.3, -0.25) is 14.5 Å². The average Bonchev–Trinajstić information content (AvgIpc) is 3.46. The van der Waals surface area contributed by atoms with Gasteiger partial charge in [0.1, 0.15) is 23.5 Å². The summed E-state index contributed by atoms with van der Waals surface area (Å²) in [6, 6.07) is 3.99. The van der Waals surface area contributed by atoms with E-state index < -0.39 is 41.6 Å². The number of fused-ring (bicyclic) bond motifs is 6. The molecule has 1 aromatic heterocycles. The van der Waals surface area contributed by atoms with Crippen LogP contribution in [0.25, 0.3) is 10.9 Å². The highest BCUT2D eigenvalue weighted by molar-refractivity contribution is 6.01. The molecule has 2 saturated heterocycles. The summed E-state index contributed by atoms with van der Waals surface area (Å²) in [6.45, 7) is 7.95. The van der Waals surface area contributed by atoms with Gasteiger partial charge in [-0.15, -0.1) is 0 Å². The molecular weight excluding hydrogens is 478 g/mol. The van der Waals surface area contributed by atoms with Crippen LogP contribution in [0.1, 0.15) is 76.6 Å². The Bertz CT molecular complexity index is 1340. The Morgan fingerprint density at radius 2 is 1.97 bits per heavy atom. The van der Waals surface area contributed by atoms with Crippen molar-refractivity contribution >= 4 is 22.7 Å². The van der Waals surface area contributed by atoms with Gasteiger partial charge in [0, 0.05) is 30.0 Å². The minimum Gasteiger partial charge on any atom is -0.497 e. The molecule has 0 bridgehead atoms. The van der Waals surface area contributed by atoms with Crippen molar-refractivity contribution in [3.8, 4) is 5.75 Å². The predicted octanol–water partition coefficient (Wildman–Crippen LogP) is 2.86. The molecule has 5 unspecified atom stereocenters. The van der Waals surface area contributed by atoms with Gasteiger partial charge in [-0.25, -0.2) is 9.78 Å². The third kappa shape index (κ3) is 3.26. The molecule has 0 radical (unpaired) electrons. The zero-order chi connectivity index (χ0) is 26.4. The molecule has 198 valence electrons. The molecule has 10 nitrogen and oxygen atoms in total. The number of aromatic nitrogens is 1. The lowest BCUT2D eigenvalue weighted by molar-refractivity contribution is -0.390. The third-order valence-corrected chi connectivity index (χ3v) is 8.08. The number of carbonyl (C=O) groups is 2. The summed E-state index contributed by atoms with van der Waals surface area (Å²) in [5.74, 6) is -0.409. The molecule has 2 N–H and O–H groups in total. The number of ether oxygens (including phenoxy) is 1. The highest BCUT2D eigenvalue weighted by Crippen LogP contribution is 2.55. The second-order valence-corrected chi connectivity index (χ2v) is 11.3. The SMILES string of the molecule is COc1ccc2c3c4n(c2c1)C(C=C(C)C)OOC(C)(C)CC4N1C(=O)C2CCCN2C(=O)C1(O)C3O. The van der Waals surface area contributed by atoms with Gasteiger partial charge in [-0.1, -0.05) is 5.57 Å². The van der Waals surface area contributed by atoms with Gasteiger partial charge in [0.25, 0.3) is 11.6 Å². The van der Waals surface area contributed by atoms with E-state index in [9.17, 15) is 19.8 Å². The minimum atomic E-state index is -2.43. The van der Waals surface area contributed by atoms with Crippen LogP contribution in [0.2, 0.25) is 0 Å². The molecule has 4 aliphatic rings. The third-order valence-electron chi connectivity index (χ3n) is 8.08. The first kappa shape index (κ1) is 24.4. The molecule has 5 atom stereocenters.